The summed E-state index contributed by atoms with van der Waals surface area (Å²) < 4.78 is 6.99. The zero-order chi connectivity index (χ0) is 17.8. The molecule has 6 nitrogen and oxygen atoms in total. The number of ether oxygens (including phenoxy) is 1. The third kappa shape index (κ3) is 3.74. The van der Waals surface area contributed by atoms with E-state index in [1.54, 1.807) is 10.7 Å². The van der Waals surface area contributed by atoms with E-state index in [1.165, 1.54) is 0 Å². The minimum absolute atomic E-state index is 0.0479. The second kappa shape index (κ2) is 7.53. The van der Waals surface area contributed by atoms with Crippen molar-refractivity contribution in [2.45, 2.75) is 33.3 Å². The third-order valence-electron chi connectivity index (χ3n) is 3.83. The van der Waals surface area contributed by atoms with Gasteiger partial charge in [0.2, 0.25) is 0 Å². The van der Waals surface area contributed by atoms with Crippen LogP contribution in [0.2, 0.25) is 5.15 Å². The highest BCUT2D eigenvalue weighted by Crippen LogP contribution is 2.24. The number of esters is 1. The number of hydrogen-bond acceptors (Lipinski definition) is 4. The van der Waals surface area contributed by atoms with E-state index in [2.05, 4.69) is 22.2 Å². The number of H-pyrrole nitrogens is 1. The molecule has 130 valence electrons. The van der Waals surface area contributed by atoms with E-state index >= 15 is 0 Å². The highest BCUT2D eigenvalue weighted by atomic mass is 35.5. The maximum Gasteiger partial charge on any atom is 0.359 e. The summed E-state index contributed by atoms with van der Waals surface area (Å²) in [6.07, 6.45) is 1.82. The molecule has 7 heteroatoms. The minimum Gasteiger partial charge on any atom is -0.456 e. The van der Waals surface area contributed by atoms with Gasteiger partial charge in [-0.3, -0.25) is 5.10 Å². The highest BCUT2D eigenvalue weighted by molar-refractivity contribution is 6.30. The number of aromatic amines is 1. The number of aryl methyl sites for hydroxylation is 2. The van der Waals surface area contributed by atoms with E-state index < -0.39 is 5.97 Å². The van der Waals surface area contributed by atoms with Gasteiger partial charge in [-0.25, -0.2) is 9.48 Å². The summed E-state index contributed by atoms with van der Waals surface area (Å²) in [7, 11) is 0. The number of carbonyl (C=O) groups excluding carboxylic acids is 1. The molecule has 0 spiro atoms. The lowest BCUT2D eigenvalue weighted by atomic mass is 10.2. The molecular weight excluding hydrogens is 340 g/mol. The molecule has 0 fully saturated rings. The van der Waals surface area contributed by atoms with Gasteiger partial charge in [0.1, 0.15) is 11.8 Å². The van der Waals surface area contributed by atoms with Gasteiger partial charge in [0, 0.05) is 11.3 Å². The summed E-state index contributed by atoms with van der Waals surface area (Å²) in [6.45, 7) is 3.95. The molecule has 2 heterocycles. The first-order valence-electron chi connectivity index (χ1n) is 8.11. The predicted molar refractivity (Wildman–Crippen MR) is 95.0 cm³/mol. The molecule has 1 aromatic carbocycles. The number of hydrogen-bond donors (Lipinski definition) is 1. The van der Waals surface area contributed by atoms with E-state index in [0.29, 0.717) is 10.7 Å². The Kier molecular flexibility index (Phi) is 5.19. The van der Waals surface area contributed by atoms with Crippen LogP contribution in [0.25, 0.3) is 5.69 Å². The summed E-state index contributed by atoms with van der Waals surface area (Å²) in [6, 6.07) is 11.3. The van der Waals surface area contributed by atoms with Crippen molar-refractivity contribution in [2.75, 3.05) is 0 Å². The molecule has 0 bridgehead atoms. The molecule has 2 aromatic heterocycles. The van der Waals surface area contributed by atoms with Crippen LogP contribution in [0, 0.1) is 6.92 Å². The molecule has 0 aliphatic heterocycles. The van der Waals surface area contributed by atoms with Gasteiger partial charge in [0.15, 0.2) is 5.69 Å². The number of para-hydroxylation sites is 1. The topological polar surface area (TPSA) is 72.8 Å². The summed E-state index contributed by atoms with van der Waals surface area (Å²) >= 11 is 6.43. The van der Waals surface area contributed by atoms with Gasteiger partial charge < -0.3 is 4.74 Å². The van der Waals surface area contributed by atoms with Crippen LogP contribution in [0.5, 0.6) is 0 Å². The average molecular weight is 359 g/mol. The van der Waals surface area contributed by atoms with Crippen LogP contribution in [0.3, 0.4) is 0 Å². The SMILES string of the molecule is CCCc1cc(C(=O)OCc2c(C)nn(-c3ccccc3)c2Cl)n[nH]1. The number of benzene rings is 1. The van der Waals surface area contributed by atoms with Crippen LogP contribution in [-0.4, -0.2) is 25.9 Å². The molecular formula is C18H19ClN4O2. The van der Waals surface area contributed by atoms with Crippen molar-refractivity contribution in [3.05, 3.63) is 64.2 Å². The second-order valence-corrected chi connectivity index (χ2v) is 6.06. The largest absolute Gasteiger partial charge is 0.456 e. The fourth-order valence-corrected chi connectivity index (χ4v) is 2.84. The van der Waals surface area contributed by atoms with Crippen molar-refractivity contribution in [3.63, 3.8) is 0 Å². The first-order valence-corrected chi connectivity index (χ1v) is 8.48. The van der Waals surface area contributed by atoms with Crippen molar-refractivity contribution in [1.29, 1.82) is 0 Å². The molecule has 1 N–H and O–H groups in total. The first-order chi connectivity index (χ1) is 12.1. The standard InChI is InChI=1S/C18H19ClN4O2/c1-3-7-13-10-16(21-20-13)18(24)25-11-15-12(2)22-23(17(15)19)14-8-5-4-6-9-14/h4-6,8-10H,3,7,11H2,1-2H3,(H,20,21). The molecule has 3 rings (SSSR count). The van der Waals surface area contributed by atoms with Gasteiger partial charge >= 0.3 is 5.97 Å². The van der Waals surface area contributed by atoms with Crippen molar-refractivity contribution in [3.8, 4) is 5.69 Å². The van der Waals surface area contributed by atoms with Crippen LogP contribution in [-0.2, 0) is 17.8 Å². The Morgan fingerprint density at radius 3 is 2.80 bits per heavy atom. The zero-order valence-corrected chi connectivity index (χ0v) is 14.9. The minimum atomic E-state index is -0.485. The molecule has 0 amide bonds. The molecule has 0 radical (unpaired) electrons. The normalized spacial score (nSPS) is 10.8. The van der Waals surface area contributed by atoms with Crippen LogP contribution in [0.15, 0.2) is 36.4 Å². The van der Waals surface area contributed by atoms with Gasteiger partial charge in [-0.2, -0.15) is 10.2 Å². The fourth-order valence-electron chi connectivity index (χ4n) is 2.51. The number of rotatable bonds is 6. The smallest absolute Gasteiger partial charge is 0.359 e. The maximum atomic E-state index is 12.2. The van der Waals surface area contributed by atoms with E-state index in [9.17, 15) is 4.79 Å². The molecule has 0 unspecified atom stereocenters. The number of halogens is 1. The fraction of sp³-hybridized carbons (Fsp3) is 0.278. The average Bonchev–Trinajstić information content (AvgIpc) is 3.19. The molecule has 0 saturated carbocycles. The van der Waals surface area contributed by atoms with E-state index in [4.69, 9.17) is 16.3 Å². The Morgan fingerprint density at radius 1 is 1.32 bits per heavy atom. The van der Waals surface area contributed by atoms with Crippen LogP contribution in [0.1, 0.15) is 40.8 Å². The molecule has 3 aromatic rings. The van der Waals surface area contributed by atoms with Gasteiger partial charge in [0.25, 0.3) is 0 Å². The molecule has 0 aliphatic rings. The third-order valence-corrected chi connectivity index (χ3v) is 4.22. The lowest BCUT2D eigenvalue weighted by Crippen LogP contribution is -2.06. The number of nitrogens with one attached hydrogen (secondary N) is 1. The quantitative estimate of drug-likeness (QED) is 0.679. The Bertz CT molecular complexity index is 871. The van der Waals surface area contributed by atoms with Crippen LogP contribution >= 0.6 is 11.6 Å². The first kappa shape index (κ1) is 17.2. The molecule has 0 aliphatic carbocycles. The second-order valence-electron chi connectivity index (χ2n) is 5.71. The predicted octanol–water partition coefficient (Wildman–Crippen LogP) is 3.87. The lowest BCUT2D eigenvalue weighted by Gasteiger charge is -2.04. The van der Waals surface area contributed by atoms with E-state index in [-0.39, 0.29) is 12.3 Å². The Hall–Kier alpha value is -2.60. The molecule has 25 heavy (non-hydrogen) atoms. The zero-order valence-electron chi connectivity index (χ0n) is 14.1. The van der Waals surface area contributed by atoms with Crippen molar-refractivity contribution >= 4 is 17.6 Å². The monoisotopic (exact) mass is 358 g/mol. The van der Waals surface area contributed by atoms with Gasteiger partial charge in [-0.1, -0.05) is 43.1 Å². The number of nitrogens with zero attached hydrogens (tertiary/aromatic N) is 3. The summed E-state index contributed by atoms with van der Waals surface area (Å²) in [5.74, 6) is -0.485. The summed E-state index contributed by atoms with van der Waals surface area (Å²) in [5.41, 5.74) is 3.44. The number of carbonyl (C=O) groups is 1. The van der Waals surface area contributed by atoms with Crippen LogP contribution in [0.4, 0.5) is 0 Å². The Labute approximate surface area is 150 Å². The Morgan fingerprint density at radius 2 is 2.08 bits per heavy atom. The van der Waals surface area contributed by atoms with Gasteiger partial charge in [-0.05, 0) is 31.5 Å². The summed E-state index contributed by atoms with van der Waals surface area (Å²) in [4.78, 5) is 12.2. The van der Waals surface area contributed by atoms with Gasteiger partial charge in [-0.15, -0.1) is 0 Å². The summed E-state index contributed by atoms with van der Waals surface area (Å²) in [5, 5.41) is 11.7. The van der Waals surface area contributed by atoms with Crippen molar-refractivity contribution in [2.24, 2.45) is 0 Å². The van der Waals surface area contributed by atoms with Crippen molar-refractivity contribution < 1.29 is 9.53 Å². The van der Waals surface area contributed by atoms with Gasteiger partial charge in [0.05, 0.1) is 11.4 Å². The highest BCUT2D eigenvalue weighted by Gasteiger charge is 2.18. The van der Waals surface area contributed by atoms with Crippen LogP contribution < -0.4 is 0 Å². The number of aromatic nitrogens is 4. The van der Waals surface area contributed by atoms with E-state index in [0.717, 1.165) is 29.9 Å². The van der Waals surface area contributed by atoms with E-state index in [1.807, 2.05) is 37.3 Å². The maximum absolute atomic E-state index is 12.2. The Balaban J connectivity index is 1.73. The van der Waals surface area contributed by atoms with Crippen molar-refractivity contribution in [1.82, 2.24) is 20.0 Å². The lowest BCUT2D eigenvalue weighted by molar-refractivity contribution is 0.0465. The molecule has 0 atom stereocenters. The molecule has 0 saturated heterocycles.